The highest BCUT2D eigenvalue weighted by Crippen LogP contribution is 2.28. The van der Waals surface area contributed by atoms with Gasteiger partial charge in [-0.1, -0.05) is 30.2 Å². The Kier molecular flexibility index (Phi) is 5.41. The molecule has 1 atom stereocenters. The van der Waals surface area contributed by atoms with Crippen molar-refractivity contribution in [1.29, 1.82) is 0 Å². The lowest BCUT2D eigenvalue weighted by atomic mass is 10.0. The molecule has 2 aliphatic heterocycles. The van der Waals surface area contributed by atoms with Crippen LogP contribution in [0.25, 0.3) is 0 Å². The Morgan fingerprint density at radius 2 is 2.00 bits per heavy atom. The van der Waals surface area contributed by atoms with Gasteiger partial charge in [-0.15, -0.1) is 0 Å². The van der Waals surface area contributed by atoms with E-state index in [1.807, 2.05) is 6.07 Å². The molecule has 8 nitrogen and oxygen atoms in total. The van der Waals surface area contributed by atoms with E-state index < -0.39 is 17.9 Å². The van der Waals surface area contributed by atoms with Gasteiger partial charge in [-0.25, -0.2) is 0 Å². The van der Waals surface area contributed by atoms with E-state index in [1.54, 1.807) is 30.3 Å². The fourth-order valence-electron chi connectivity index (χ4n) is 3.67. The number of nitrogens with one attached hydrogen (secondary N) is 2. The van der Waals surface area contributed by atoms with Crippen LogP contribution in [0, 0.1) is 11.8 Å². The molecule has 0 bridgehead atoms. The normalized spacial score (nSPS) is 17.5. The molecule has 0 aliphatic carbocycles. The van der Waals surface area contributed by atoms with Crippen LogP contribution in [0.5, 0.6) is 5.75 Å². The van der Waals surface area contributed by atoms with Crippen molar-refractivity contribution in [1.82, 2.24) is 15.5 Å². The van der Waals surface area contributed by atoms with Crippen molar-refractivity contribution in [2.75, 3.05) is 0 Å². The first-order valence-electron chi connectivity index (χ1n) is 9.76. The molecule has 2 heterocycles. The lowest BCUT2D eigenvalue weighted by Gasteiger charge is -2.29. The van der Waals surface area contributed by atoms with Crippen molar-refractivity contribution in [2.45, 2.75) is 32.0 Å². The van der Waals surface area contributed by atoms with Crippen LogP contribution in [0.1, 0.15) is 39.9 Å². The van der Waals surface area contributed by atoms with Crippen molar-refractivity contribution < 1.29 is 24.3 Å². The zero-order valence-corrected chi connectivity index (χ0v) is 16.5. The van der Waals surface area contributed by atoms with Crippen LogP contribution < -0.4 is 10.6 Å². The molecule has 2 aromatic rings. The van der Waals surface area contributed by atoms with Gasteiger partial charge in [-0.3, -0.25) is 24.5 Å². The second kappa shape index (κ2) is 8.32. The molecular weight excluding hydrogens is 398 g/mol. The summed E-state index contributed by atoms with van der Waals surface area (Å²) in [6.07, 6.45) is 0.512. The van der Waals surface area contributed by atoms with Crippen molar-refractivity contribution in [3.63, 3.8) is 0 Å². The summed E-state index contributed by atoms with van der Waals surface area (Å²) in [4.78, 5) is 49.7. The van der Waals surface area contributed by atoms with Crippen LogP contribution in [-0.2, 0) is 27.5 Å². The van der Waals surface area contributed by atoms with Crippen LogP contribution >= 0.6 is 0 Å². The summed E-state index contributed by atoms with van der Waals surface area (Å²) < 4.78 is 0. The third-order valence-corrected chi connectivity index (χ3v) is 5.26. The lowest BCUT2D eigenvalue weighted by Crippen LogP contribution is -2.52. The van der Waals surface area contributed by atoms with Crippen LogP contribution in [-0.4, -0.2) is 39.7 Å². The zero-order valence-electron chi connectivity index (χ0n) is 16.5. The molecule has 156 valence electrons. The summed E-state index contributed by atoms with van der Waals surface area (Å²) in [5, 5.41) is 14.6. The Bertz CT molecular complexity index is 1160. The van der Waals surface area contributed by atoms with E-state index >= 15 is 0 Å². The molecule has 31 heavy (non-hydrogen) atoms. The number of nitrogens with zero attached hydrogens (tertiary/aromatic N) is 1. The fraction of sp³-hybridized carbons (Fsp3) is 0.217. The Morgan fingerprint density at radius 1 is 1.19 bits per heavy atom. The summed E-state index contributed by atoms with van der Waals surface area (Å²) in [6, 6.07) is 11.1. The van der Waals surface area contributed by atoms with Gasteiger partial charge in [0.05, 0.1) is 5.56 Å². The number of carbonyl (C=O) groups excluding carboxylic acids is 4. The standard InChI is InChI=1S/C23H19N3O5/c27-19-4-2-1-3-15(19)6-9-20(28)24-12-14-5-7-17-16(11-14)13-26(23(17)31)18-8-10-21(29)25-22(18)30/h1-5,7,11,18,27H,8,10,12-13H2,(H,24,28)(H,25,29,30). The molecule has 4 amide bonds. The first-order chi connectivity index (χ1) is 14.9. The van der Waals surface area contributed by atoms with E-state index in [1.165, 1.54) is 11.0 Å². The summed E-state index contributed by atoms with van der Waals surface area (Å²) in [5.74, 6) is 3.55. The van der Waals surface area contributed by atoms with Crippen molar-refractivity contribution in [3.05, 3.63) is 64.7 Å². The highest BCUT2D eigenvalue weighted by atomic mass is 16.3. The Hall–Kier alpha value is -4.12. The minimum absolute atomic E-state index is 0.00616. The first kappa shape index (κ1) is 20.2. The molecule has 1 fully saturated rings. The average Bonchev–Trinajstić information content (AvgIpc) is 3.07. The van der Waals surface area contributed by atoms with E-state index in [9.17, 15) is 24.3 Å². The molecule has 0 aromatic heterocycles. The monoisotopic (exact) mass is 417 g/mol. The Morgan fingerprint density at radius 3 is 2.77 bits per heavy atom. The van der Waals surface area contributed by atoms with Crippen molar-refractivity contribution in [3.8, 4) is 17.6 Å². The topological polar surface area (TPSA) is 116 Å². The van der Waals surface area contributed by atoms with E-state index in [-0.39, 0.29) is 37.1 Å². The molecule has 2 aliphatic rings. The first-order valence-corrected chi connectivity index (χ1v) is 9.76. The molecule has 3 N–H and O–H groups in total. The van der Waals surface area contributed by atoms with Gasteiger partial charge in [-0.2, -0.15) is 0 Å². The van der Waals surface area contributed by atoms with Gasteiger partial charge < -0.3 is 15.3 Å². The molecule has 4 rings (SSSR count). The minimum Gasteiger partial charge on any atom is -0.507 e. The molecular formula is C23H19N3O5. The lowest BCUT2D eigenvalue weighted by molar-refractivity contribution is -0.137. The number of fused-ring (bicyclic) bond motifs is 1. The van der Waals surface area contributed by atoms with Gasteiger partial charge in [0, 0.05) is 31.0 Å². The second-order valence-corrected chi connectivity index (χ2v) is 7.34. The summed E-state index contributed by atoms with van der Waals surface area (Å²) >= 11 is 0. The van der Waals surface area contributed by atoms with Crippen molar-refractivity contribution in [2.24, 2.45) is 0 Å². The van der Waals surface area contributed by atoms with Gasteiger partial charge >= 0.3 is 0 Å². The van der Waals surface area contributed by atoms with E-state index in [2.05, 4.69) is 22.5 Å². The maximum Gasteiger partial charge on any atom is 0.296 e. The Labute approximate surface area is 178 Å². The molecule has 0 saturated carbocycles. The number of hydrogen-bond acceptors (Lipinski definition) is 5. The molecule has 0 radical (unpaired) electrons. The van der Waals surface area contributed by atoms with Gasteiger partial charge in [0.15, 0.2) is 0 Å². The quantitative estimate of drug-likeness (QED) is 0.505. The molecule has 8 heteroatoms. The predicted molar refractivity (Wildman–Crippen MR) is 109 cm³/mol. The van der Waals surface area contributed by atoms with Crippen molar-refractivity contribution >= 4 is 23.6 Å². The number of benzene rings is 2. The molecule has 2 aromatic carbocycles. The predicted octanol–water partition coefficient (Wildman–Crippen LogP) is 0.821. The van der Waals surface area contributed by atoms with E-state index in [0.717, 1.165) is 11.1 Å². The number of phenolic OH excluding ortho intramolecular Hbond substituents is 1. The maximum atomic E-state index is 12.7. The van der Waals surface area contributed by atoms with Gasteiger partial charge in [-0.05, 0) is 35.7 Å². The number of para-hydroxylation sites is 1. The highest BCUT2D eigenvalue weighted by Gasteiger charge is 2.38. The second-order valence-electron chi connectivity index (χ2n) is 7.34. The summed E-state index contributed by atoms with van der Waals surface area (Å²) in [7, 11) is 0. The molecule has 0 spiro atoms. The zero-order chi connectivity index (χ0) is 22.0. The third kappa shape index (κ3) is 4.26. The molecule has 1 saturated heterocycles. The summed E-state index contributed by atoms with van der Waals surface area (Å²) in [6.45, 7) is 0.490. The van der Waals surface area contributed by atoms with Gasteiger partial charge in [0.25, 0.3) is 11.8 Å². The number of phenols is 1. The third-order valence-electron chi connectivity index (χ3n) is 5.26. The van der Waals surface area contributed by atoms with Gasteiger partial charge in [0.1, 0.15) is 11.8 Å². The van der Waals surface area contributed by atoms with Crippen LogP contribution in [0.15, 0.2) is 42.5 Å². The number of aromatic hydroxyl groups is 1. The SMILES string of the molecule is O=C(C#Cc1ccccc1O)NCc1ccc2c(c1)CN(C1CCC(=O)NC1=O)C2=O. The summed E-state index contributed by atoms with van der Waals surface area (Å²) in [5.41, 5.74) is 2.43. The van der Waals surface area contributed by atoms with Crippen LogP contribution in [0.4, 0.5) is 0 Å². The minimum atomic E-state index is -0.662. The van der Waals surface area contributed by atoms with Gasteiger partial charge in [0.2, 0.25) is 11.8 Å². The maximum absolute atomic E-state index is 12.7. The number of rotatable bonds is 3. The fourth-order valence-corrected chi connectivity index (χ4v) is 3.67. The molecule has 1 unspecified atom stereocenters. The highest BCUT2D eigenvalue weighted by molar-refractivity contribution is 6.05. The van der Waals surface area contributed by atoms with Crippen LogP contribution in [0.3, 0.4) is 0 Å². The number of amides is 4. The van der Waals surface area contributed by atoms with Crippen LogP contribution in [0.2, 0.25) is 0 Å². The van der Waals surface area contributed by atoms with E-state index in [0.29, 0.717) is 17.5 Å². The Balaban J connectivity index is 1.40. The van der Waals surface area contributed by atoms with E-state index in [4.69, 9.17) is 0 Å². The smallest absolute Gasteiger partial charge is 0.296 e. The largest absolute Gasteiger partial charge is 0.507 e. The number of hydrogen-bond donors (Lipinski definition) is 3. The number of imide groups is 1. The number of piperidine rings is 1. The number of carbonyl (C=O) groups is 4. The average molecular weight is 417 g/mol.